The highest BCUT2D eigenvalue weighted by Crippen LogP contribution is 2.68. The van der Waals surface area contributed by atoms with Gasteiger partial charge < -0.3 is 15.2 Å². The standard InChI is InChI=1S/C18H22ClNO3/c1-9(17(21)11-4-2-3-5-14(11)19)23-18(22)20-15-8-13-10-6-7-12(15)16(10)13/h2-5,9-10,12-13,15-17,21H,6-8H2,1H3,(H,20,22). The Kier molecular flexibility index (Phi) is 3.77. The first-order valence-corrected chi connectivity index (χ1v) is 8.83. The number of rotatable bonds is 4. The number of aliphatic hydroxyl groups is 1. The first-order chi connectivity index (χ1) is 11.1. The van der Waals surface area contributed by atoms with E-state index in [-0.39, 0.29) is 6.04 Å². The summed E-state index contributed by atoms with van der Waals surface area (Å²) in [5, 5.41) is 13.8. The topological polar surface area (TPSA) is 58.6 Å². The summed E-state index contributed by atoms with van der Waals surface area (Å²) in [6.45, 7) is 1.69. The van der Waals surface area contributed by atoms with E-state index in [1.54, 1.807) is 31.2 Å². The zero-order valence-electron chi connectivity index (χ0n) is 13.1. The van der Waals surface area contributed by atoms with E-state index in [1.807, 2.05) is 0 Å². The molecule has 1 aromatic rings. The Bertz CT molecular complexity index is 622. The van der Waals surface area contributed by atoms with Crippen molar-refractivity contribution in [3.63, 3.8) is 0 Å². The Morgan fingerprint density at radius 1 is 1.30 bits per heavy atom. The van der Waals surface area contributed by atoms with Gasteiger partial charge in [0.1, 0.15) is 12.2 Å². The van der Waals surface area contributed by atoms with Crippen molar-refractivity contribution in [2.45, 2.75) is 44.4 Å². The number of carbonyl (C=O) groups excluding carboxylic acids is 1. The molecule has 0 heterocycles. The molecule has 5 heteroatoms. The quantitative estimate of drug-likeness (QED) is 0.885. The Balaban J connectivity index is 1.32. The molecule has 3 aliphatic carbocycles. The van der Waals surface area contributed by atoms with Crippen molar-refractivity contribution >= 4 is 17.7 Å². The van der Waals surface area contributed by atoms with E-state index in [9.17, 15) is 9.90 Å². The van der Waals surface area contributed by atoms with E-state index in [0.29, 0.717) is 16.5 Å². The van der Waals surface area contributed by atoms with E-state index in [2.05, 4.69) is 5.32 Å². The maximum absolute atomic E-state index is 12.1. The minimum atomic E-state index is -0.928. The fourth-order valence-electron chi connectivity index (χ4n) is 4.92. The van der Waals surface area contributed by atoms with Crippen molar-refractivity contribution in [2.24, 2.45) is 23.7 Å². The molecule has 0 bridgehead atoms. The number of fused-ring (bicyclic) bond motifs is 1. The van der Waals surface area contributed by atoms with Crippen molar-refractivity contribution in [3.05, 3.63) is 34.9 Å². The monoisotopic (exact) mass is 335 g/mol. The summed E-state index contributed by atoms with van der Waals surface area (Å²) in [7, 11) is 0. The van der Waals surface area contributed by atoms with Crippen LogP contribution in [-0.4, -0.2) is 23.3 Å². The molecule has 0 spiro atoms. The fraction of sp³-hybridized carbons (Fsp3) is 0.611. The molecule has 124 valence electrons. The maximum Gasteiger partial charge on any atom is 0.407 e. The Labute approximate surface area is 141 Å². The summed E-state index contributed by atoms with van der Waals surface area (Å²) in [5.41, 5.74) is 0.579. The molecule has 0 aliphatic heterocycles. The number of amides is 1. The molecule has 0 radical (unpaired) electrons. The average Bonchev–Trinajstić information content (AvgIpc) is 2.89. The van der Waals surface area contributed by atoms with Crippen LogP contribution in [0.5, 0.6) is 0 Å². The Morgan fingerprint density at radius 3 is 2.78 bits per heavy atom. The smallest absolute Gasteiger partial charge is 0.407 e. The summed E-state index contributed by atoms with van der Waals surface area (Å²) >= 11 is 6.08. The predicted molar refractivity (Wildman–Crippen MR) is 87.1 cm³/mol. The number of aliphatic hydroxyl groups excluding tert-OH is 1. The molecular weight excluding hydrogens is 314 g/mol. The number of carbonyl (C=O) groups is 1. The van der Waals surface area contributed by atoms with Crippen molar-refractivity contribution in [1.29, 1.82) is 0 Å². The first-order valence-electron chi connectivity index (χ1n) is 8.46. The highest BCUT2D eigenvalue weighted by molar-refractivity contribution is 6.31. The lowest BCUT2D eigenvalue weighted by Gasteiger charge is -2.24. The zero-order valence-corrected chi connectivity index (χ0v) is 13.9. The van der Waals surface area contributed by atoms with Crippen molar-refractivity contribution in [2.75, 3.05) is 0 Å². The highest BCUT2D eigenvalue weighted by atomic mass is 35.5. The van der Waals surface area contributed by atoms with Crippen molar-refractivity contribution in [1.82, 2.24) is 5.32 Å². The van der Waals surface area contributed by atoms with Gasteiger partial charge in [0.2, 0.25) is 0 Å². The molecule has 2 N–H and O–H groups in total. The van der Waals surface area contributed by atoms with E-state index in [0.717, 1.165) is 24.2 Å². The van der Waals surface area contributed by atoms with Crippen LogP contribution < -0.4 is 5.32 Å². The van der Waals surface area contributed by atoms with Crippen LogP contribution in [0.4, 0.5) is 4.79 Å². The van der Waals surface area contributed by atoms with Crippen LogP contribution in [0.3, 0.4) is 0 Å². The normalized spacial score (nSPS) is 36.2. The fourth-order valence-corrected chi connectivity index (χ4v) is 5.16. The number of hydrogen-bond donors (Lipinski definition) is 2. The number of nitrogens with one attached hydrogen (secondary N) is 1. The SMILES string of the molecule is CC(OC(=O)NC1CC2C3CCC1C32)C(O)c1ccccc1Cl. The molecule has 7 unspecified atom stereocenters. The van der Waals surface area contributed by atoms with Gasteiger partial charge in [0.15, 0.2) is 0 Å². The van der Waals surface area contributed by atoms with E-state index >= 15 is 0 Å². The van der Waals surface area contributed by atoms with Gasteiger partial charge in [-0.05, 0) is 55.9 Å². The van der Waals surface area contributed by atoms with Crippen LogP contribution in [0.15, 0.2) is 24.3 Å². The third-order valence-corrected chi connectivity index (χ3v) is 6.38. The molecule has 7 atom stereocenters. The number of hydrogen-bond acceptors (Lipinski definition) is 3. The van der Waals surface area contributed by atoms with Crippen LogP contribution in [0.2, 0.25) is 5.02 Å². The third kappa shape index (κ3) is 2.62. The number of benzene rings is 1. The third-order valence-electron chi connectivity index (χ3n) is 6.03. The molecule has 0 aromatic heterocycles. The average molecular weight is 336 g/mol. The van der Waals surface area contributed by atoms with Gasteiger partial charge in [-0.25, -0.2) is 4.79 Å². The second kappa shape index (κ2) is 5.67. The summed E-state index contributed by atoms with van der Waals surface area (Å²) in [6.07, 6.45) is 1.64. The van der Waals surface area contributed by atoms with Crippen molar-refractivity contribution < 1.29 is 14.6 Å². The van der Waals surface area contributed by atoms with Crippen molar-refractivity contribution in [3.8, 4) is 0 Å². The van der Waals surface area contributed by atoms with Crippen LogP contribution in [-0.2, 0) is 4.74 Å². The van der Waals surface area contributed by atoms with Gasteiger partial charge in [-0.3, -0.25) is 0 Å². The van der Waals surface area contributed by atoms with Gasteiger partial charge in [0.25, 0.3) is 0 Å². The van der Waals surface area contributed by atoms with Gasteiger partial charge in [-0.1, -0.05) is 29.8 Å². The van der Waals surface area contributed by atoms with Gasteiger partial charge in [0, 0.05) is 16.6 Å². The Morgan fingerprint density at radius 2 is 2.04 bits per heavy atom. The predicted octanol–water partition coefficient (Wildman–Crippen LogP) is 3.53. The van der Waals surface area contributed by atoms with E-state index in [4.69, 9.17) is 16.3 Å². The molecular formula is C18H22ClNO3. The molecule has 4 nitrogen and oxygen atoms in total. The highest BCUT2D eigenvalue weighted by Gasteiger charge is 2.65. The van der Waals surface area contributed by atoms with Crippen LogP contribution in [0.25, 0.3) is 0 Å². The number of alkyl carbamates (subject to hydrolysis) is 1. The molecule has 1 amide bonds. The summed E-state index contributed by atoms with van der Waals surface area (Å²) in [5.74, 6) is 3.27. The number of halogens is 1. The van der Waals surface area contributed by atoms with E-state index < -0.39 is 18.3 Å². The second-order valence-corrected chi connectivity index (χ2v) is 7.62. The second-order valence-electron chi connectivity index (χ2n) is 7.21. The lowest BCUT2D eigenvalue weighted by Crippen LogP contribution is -2.40. The van der Waals surface area contributed by atoms with Gasteiger partial charge in [-0.15, -0.1) is 0 Å². The molecule has 1 aromatic carbocycles. The molecule has 0 saturated heterocycles. The van der Waals surface area contributed by atoms with Gasteiger partial charge in [0.05, 0.1) is 0 Å². The lowest BCUT2D eigenvalue weighted by atomic mass is 10.0. The molecule has 3 fully saturated rings. The minimum absolute atomic E-state index is 0.251. The molecule has 3 aliphatic rings. The summed E-state index contributed by atoms with van der Waals surface area (Å²) < 4.78 is 5.38. The molecule has 23 heavy (non-hydrogen) atoms. The van der Waals surface area contributed by atoms with Crippen LogP contribution in [0.1, 0.15) is 37.9 Å². The number of ether oxygens (including phenoxy) is 1. The zero-order chi connectivity index (χ0) is 16.1. The first kappa shape index (κ1) is 15.3. The van der Waals surface area contributed by atoms with Crippen LogP contribution >= 0.6 is 11.6 Å². The van der Waals surface area contributed by atoms with Gasteiger partial charge >= 0.3 is 6.09 Å². The van der Waals surface area contributed by atoms with E-state index in [1.165, 1.54) is 12.8 Å². The van der Waals surface area contributed by atoms with Crippen LogP contribution in [0, 0.1) is 23.7 Å². The van der Waals surface area contributed by atoms with Gasteiger partial charge in [-0.2, -0.15) is 0 Å². The molecule has 3 saturated carbocycles. The maximum atomic E-state index is 12.1. The lowest BCUT2D eigenvalue weighted by molar-refractivity contribution is 0.0101. The largest absolute Gasteiger partial charge is 0.443 e. The minimum Gasteiger partial charge on any atom is -0.443 e. The summed E-state index contributed by atoms with van der Waals surface area (Å²) in [6, 6.07) is 7.32. The summed E-state index contributed by atoms with van der Waals surface area (Å²) in [4.78, 5) is 12.1. The molecule has 4 rings (SSSR count). The Hall–Kier alpha value is -1.26.